The quantitative estimate of drug-likeness (QED) is 0.880. The number of nitrogens with zero attached hydrogens (tertiary/aromatic N) is 5. The largest absolute Gasteiger partial charge is 0.490 e. The van der Waals surface area contributed by atoms with Gasteiger partial charge in [0.15, 0.2) is 5.82 Å². The minimum absolute atomic E-state index is 0.573. The van der Waals surface area contributed by atoms with E-state index in [2.05, 4.69) is 32.3 Å². The van der Waals surface area contributed by atoms with E-state index in [0.717, 1.165) is 18.8 Å². The SMILES string of the molecule is CCCNc1ncnc(-n2nc(C)nc2C)c1OC. The Kier molecular flexibility index (Phi) is 3.94. The van der Waals surface area contributed by atoms with Crippen molar-refractivity contribution in [2.75, 3.05) is 19.0 Å². The molecular weight excluding hydrogens is 244 g/mol. The Hall–Kier alpha value is -2.18. The van der Waals surface area contributed by atoms with Gasteiger partial charge in [-0.25, -0.2) is 15.0 Å². The number of rotatable bonds is 5. The lowest BCUT2D eigenvalue weighted by molar-refractivity contribution is 0.408. The Bertz CT molecular complexity index is 565. The Morgan fingerprint density at radius 1 is 1.32 bits per heavy atom. The van der Waals surface area contributed by atoms with Crippen LogP contribution in [0.15, 0.2) is 6.33 Å². The fourth-order valence-electron chi connectivity index (χ4n) is 1.79. The second-order valence-corrected chi connectivity index (χ2v) is 4.12. The Morgan fingerprint density at radius 3 is 2.68 bits per heavy atom. The summed E-state index contributed by atoms with van der Waals surface area (Å²) >= 11 is 0. The highest BCUT2D eigenvalue weighted by molar-refractivity contribution is 5.58. The van der Waals surface area contributed by atoms with Crippen molar-refractivity contribution in [1.29, 1.82) is 0 Å². The molecule has 2 aromatic rings. The minimum atomic E-state index is 0.573. The van der Waals surface area contributed by atoms with Gasteiger partial charge in [-0.1, -0.05) is 6.92 Å². The normalized spacial score (nSPS) is 10.5. The number of hydrogen-bond acceptors (Lipinski definition) is 6. The van der Waals surface area contributed by atoms with Crippen LogP contribution in [0.3, 0.4) is 0 Å². The van der Waals surface area contributed by atoms with E-state index in [0.29, 0.717) is 23.2 Å². The van der Waals surface area contributed by atoms with Gasteiger partial charge in [0.2, 0.25) is 11.6 Å². The van der Waals surface area contributed by atoms with E-state index in [1.165, 1.54) is 6.33 Å². The third kappa shape index (κ3) is 2.64. The molecule has 0 radical (unpaired) electrons. The van der Waals surface area contributed by atoms with Gasteiger partial charge in [0.05, 0.1) is 7.11 Å². The topological polar surface area (TPSA) is 77.8 Å². The van der Waals surface area contributed by atoms with Gasteiger partial charge < -0.3 is 10.1 Å². The molecular formula is C12H18N6O. The molecule has 7 nitrogen and oxygen atoms in total. The van der Waals surface area contributed by atoms with Crippen molar-refractivity contribution in [3.05, 3.63) is 18.0 Å². The maximum absolute atomic E-state index is 5.42. The van der Waals surface area contributed by atoms with E-state index in [1.54, 1.807) is 11.8 Å². The van der Waals surface area contributed by atoms with Crippen molar-refractivity contribution < 1.29 is 4.74 Å². The molecule has 0 saturated carbocycles. The lowest BCUT2D eigenvalue weighted by atomic mass is 10.4. The molecule has 0 aliphatic carbocycles. The van der Waals surface area contributed by atoms with Crippen LogP contribution >= 0.6 is 0 Å². The standard InChI is InChI=1S/C12H18N6O/c1-5-6-13-11-10(19-4)12(15-7-14-11)18-9(3)16-8(2)17-18/h7H,5-6H2,1-4H3,(H,13,14,15). The van der Waals surface area contributed by atoms with Gasteiger partial charge in [0, 0.05) is 6.54 Å². The van der Waals surface area contributed by atoms with Crippen molar-refractivity contribution in [3.63, 3.8) is 0 Å². The molecule has 0 bridgehead atoms. The number of aromatic nitrogens is 5. The predicted molar refractivity (Wildman–Crippen MR) is 71.8 cm³/mol. The third-order valence-corrected chi connectivity index (χ3v) is 2.61. The summed E-state index contributed by atoms with van der Waals surface area (Å²) in [5.41, 5.74) is 0. The maximum atomic E-state index is 5.42. The van der Waals surface area contributed by atoms with Crippen LogP contribution in [-0.2, 0) is 0 Å². The summed E-state index contributed by atoms with van der Waals surface area (Å²) in [4.78, 5) is 12.7. The Morgan fingerprint density at radius 2 is 2.11 bits per heavy atom. The second-order valence-electron chi connectivity index (χ2n) is 4.12. The maximum Gasteiger partial charge on any atom is 0.206 e. The summed E-state index contributed by atoms with van der Waals surface area (Å²) in [5, 5.41) is 7.53. The van der Waals surface area contributed by atoms with E-state index >= 15 is 0 Å². The number of methoxy groups -OCH3 is 1. The number of aryl methyl sites for hydroxylation is 2. The van der Waals surface area contributed by atoms with Crippen molar-refractivity contribution in [3.8, 4) is 11.6 Å². The van der Waals surface area contributed by atoms with E-state index in [9.17, 15) is 0 Å². The van der Waals surface area contributed by atoms with E-state index in [1.807, 2.05) is 13.8 Å². The van der Waals surface area contributed by atoms with Crippen LogP contribution in [0.5, 0.6) is 5.75 Å². The number of nitrogens with one attached hydrogen (secondary N) is 1. The molecule has 0 spiro atoms. The summed E-state index contributed by atoms with van der Waals surface area (Å²) in [7, 11) is 1.60. The fraction of sp³-hybridized carbons (Fsp3) is 0.500. The van der Waals surface area contributed by atoms with Crippen molar-refractivity contribution >= 4 is 5.82 Å². The number of anilines is 1. The highest BCUT2D eigenvalue weighted by Crippen LogP contribution is 2.27. The molecule has 0 atom stereocenters. The van der Waals surface area contributed by atoms with Gasteiger partial charge in [-0.3, -0.25) is 0 Å². The zero-order valence-electron chi connectivity index (χ0n) is 11.6. The van der Waals surface area contributed by atoms with Gasteiger partial charge >= 0.3 is 0 Å². The molecule has 7 heteroatoms. The average Bonchev–Trinajstić information content (AvgIpc) is 2.74. The summed E-state index contributed by atoms with van der Waals surface area (Å²) in [6.07, 6.45) is 2.50. The van der Waals surface area contributed by atoms with Crippen molar-refractivity contribution in [1.82, 2.24) is 24.7 Å². The first-order valence-corrected chi connectivity index (χ1v) is 6.20. The number of hydrogen-bond donors (Lipinski definition) is 1. The van der Waals surface area contributed by atoms with E-state index < -0.39 is 0 Å². The van der Waals surface area contributed by atoms with Crippen LogP contribution in [0.4, 0.5) is 5.82 Å². The summed E-state index contributed by atoms with van der Waals surface area (Å²) < 4.78 is 7.08. The first-order valence-electron chi connectivity index (χ1n) is 6.20. The molecule has 0 fully saturated rings. The molecule has 0 aliphatic heterocycles. The Balaban J connectivity index is 2.48. The first-order chi connectivity index (χ1) is 9.17. The van der Waals surface area contributed by atoms with Crippen LogP contribution in [0.1, 0.15) is 25.0 Å². The highest BCUT2D eigenvalue weighted by Gasteiger charge is 2.16. The lowest BCUT2D eigenvalue weighted by Gasteiger charge is -2.12. The molecule has 0 unspecified atom stereocenters. The summed E-state index contributed by atoms with van der Waals surface area (Å²) in [6, 6.07) is 0. The molecule has 0 aliphatic rings. The molecule has 2 rings (SSSR count). The van der Waals surface area contributed by atoms with Crippen molar-refractivity contribution in [2.24, 2.45) is 0 Å². The molecule has 0 amide bonds. The third-order valence-electron chi connectivity index (χ3n) is 2.61. The molecule has 0 saturated heterocycles. The highest BCUT2D eigenvalue weighted by atomic mass is 16.5. The molecule has 102 valence electrons. The van der Waals surface area contributed by atoms with Crippen LogP contribution < -0.4 is 10.1 Å². The zero-order valence-corrected chi connectivity index (χ0v) is 11.6. The lowest BCUT2D eigenvalue weighted by Crippen LogP contribution is -2.10. The van der Waals surface area contributed by atoms with Crippen LogP contribution in [0, 0.1) is 13.8 Å². The first kappa shape index (κ1) is 13.3. The fourth-order valence-corrected chi connectivity index (χ4v) is 1.79. The van der Waals surface area contributed by atoms with Gasteiger partial charge in [-0.05, 0) is 20.3 Å². The molecule has 2 heterocycles. The van der Waals surface area contributed by atoms with Crippen LogP contribution in [0.2, 0.25) is 0 Å². The zero-order chi connectivity index (χ0) is 13.8. The minimum Gasteiger partial charge on any atom is -0.490 e. The predicted octanol–water partition coefficient (Wildman–Crippen LogP) is 1.50. The summed E-state index contributed by atoms with van der Waals surface area (Å²) in [6.45, 7) is 6.63. The number of ether oxygens (including phenoxy) is 1. The Labute approximate surface area is 112 Å². The molecule has 2 aromatic heterocycles. The van der Waals surface area contributed by atoms with Gasteiger partial charge in [0.25, 0.3) is 0 Å². The van der Waals surface area contributed by atoms with E-state index in [4.69, 9.17) is 4.74 Å². The monoisotopic (exact) mass is 262 g/mol. The van der Waals surface area contributed by atoms with Crippen LogP contribution in [0.25, 0.3) is 5.82 Å². The summed E-state index contributed by atoms with van der Waals surface area (Å²) in [5.74, 6) is 3.29. The molecule has 1 N–H and O–H groups in total. The van der Waals surface area contributed by atoms with Crippen molar-refractivity contribution in [2.45, 2.75) is 27.2 Å². The smallest absolute Gasteiger partial charge is 0.206 e. The van der Waals surface area contributed by atoms with Gasteiger partial charge in [-0.2, -0.15) is 4.68 Å². The van der Waals surface area contributed by atoms with E-state index in [-0.39, 0.29) is 0 Å². The van der Waals surface area contributed by atoms with Gasteiger partial charge in [-0.15, -0.1) is 5.10 Å². The van der Waals surface area contributed by atoms with Crippen LogP contribution in [-0.4, -0.2) is 38.4 Å². The average molecular weight is 262 g/mol. The van der Waals surface area contributed by atoms with Gasteiger partial charge in [0.1, 0.15) is 18.0 Å². The second kappa shape index (κ2) is 5.64. The molecule has 0 aromatic carbocycles. The molecule has 19 heavy (non-hydrogen) atoms.